The van der Waals surface area contributed by atoms with E-state index < -0.39 is 4.92 Å². The average molecular weight is 379 g/mol. The fraction of sp³-hybridized carbons (Fsp3) is 0.100. The van der Waals surface area contributed by atoms with Crippen LogP contribution in [0.25, 0.3) is 17.3 Å². The van der Waals surface area contributed by atoms with E-state index in [9.17, 15) is 14.9 Å². The van der Waals surface area contributed by atoms with Crippen LogP contribution < -0.4 is 5.32 Å². The number of nitro groups is 1. The topological polar surface area (TPSA) is 85.1 Å². The van der Waals surface area contributed by atoms with Crippen molar-refractivity contribution in [3.05, 3.63) is 80.7 Å². The highest BCUT2D eigenvalue weighted by Crippen LogP contribution is 2.28. The summed E-state index contributed by atoms with van der Waals surface area (Å²) in [7, 11) is 0. The van der Waals surface area contributed by atoms with E-state index in [0.717, 1.165) is 16.8 Å². The first kappa shape index (κ1) is 18.5. The second-order valence-corrected chi connectivity index (χ2v) is 6.89. The lowest BCUT2D eigenvalue weighted by Crippen LogP contribution is -2.07. The first-order valence-electron chi connectivity index (χ1n) is 8.19. The highest BCUT2D eigenvalue weighted by molar-refractivity contribution is 7.14. The number of non-ortho nitro benzene ring substituents is 1. The van der Waals surface area contributed by atoms with Crippen LogP contribution in [-0.2, 0) is 4.79 Å². The molecule has 3 aromatic rings. The lowest BCUT2D eigenvalue weighted by Gasteiger charge is -2.03. The minimum Gasteiger partial charge on any atom is -0.298 e. The Morgan fingerprint density at radius 2 is 1.93 bits per heavy atom. The van der Waals surface area contributed by atoms with Gasteiger partial charge in [-0.05, 0) is 43.2 Å². The molecule has 27 heavy (non-hydrogen) atoms. The number of aromatic nitrogens is 1. The van der Waals surface area contributed by atoms with Crippen molar-refractivity contribution in [1.29, 1.82) is 0 Å². The second-order valence-electron chi connectivity index (χ2n) is 6.03. The molecule has 0 aliphatic heterocycles. The Balaban J connectivity index is 1.66. The molecule has 1 aromatic heterocycles. The van der Waals surface area contributed by atoms with Gasteiger partial charge < -0.3 is 0 Å². The van der Waals surface area contributed by atoms with E-state index in [4.69, 9.17) is 0 Å². The molecule has 1 N–H and O–H groups in total. The second kappa shape index (κ2) is 7.92. The number of anilines is 1. The Morgan fingerprint density at radius 3 is 2.59 bits per heavy atom. The van der Waals surface area contributed by atoms with Gasteiger partial charge in [0.05, 0.1) is 10.6 Å². The van der Waals surface area contributed by atoms with Crippen molar-refractivity contribution in [3.8, 4) is 11.3 Å². The predicted molar refractivity (Wildman–Crippen MR) is 108 cm³/mol. The number of hydrogen-bond donors (Lipinski definition) is 1. The smallest absolute Gasteiger partial charge is 0.269 e. The predicted octanol–water partition coefficient (Wildman–Crippen LogP) is 4.99. The maximum atomic E-state index is 12.1. The quantitative estimate of drug-likeness (QED) is 0.384. The van der Waals surface area contributed by atoms with E-state index in [1.807, 2.05) is 31.4 Å². The highest BCUT2D eigenvalue weighted by Gasteiger charge is 2.09. The molecule has 0 bridgehead atoms. The molecule has 0 unspecified atom stereocenters. The van der Waals surface area contributed by atoms with Gasteiger partial charge in [0.2, 0.25) is 5.91 Å². The number of rotatable bonds is 5. The van der Waals surface area contributed by atoms with Gasteiger partial charge in [0.1, 0.15) is 0 Å². The van der Waals surface area contributed by atoms with Crippen LogP contribution >= 0.6 is 11.3 Å². The standard InChI is InChI=1S/C20H17N3O3S/c1-13-3-9-17(14(2)11-13)18-12-27-20(21-18)22-19(24)10-6-15-4-7-16(8-5-15)23(25)26/h3-12H,1-2H3,(H,21,22,24)/b10-6+. The van der Waals surface area contributed by atoms with Gasteiger partial charge in [0.15, 0.2) is 5.13 Å². The van der Waals surface area contributed by atoms with Gasteiger partial charge in [0, 0.05) is 29.2 Å². The van der Waals surface area contributed by atoms with Gasteiger partial charge >= 0.3 is 0 Å². The van der Waals surface area contributed by atoms with Crippen molar-refractivity contribution < 1.29 is 9.72 Å². The lowest BCUT2D eigenvalue weighted by molar-refractivity contribution is -0.384. The molecule has 0 saturated heterocycles. The molecule has 1 heterocycles. The fourth-order valence-electron chi connectivity index (χ4n) is 2.58. The summed E-state index contributed by atoms with van der Waals surface area (Å²) in [6.07, 6.45) is 2.97. The molecule has 6 nitrogen and oxygen atoms in total. The number of carbonyl (C=O) groups is 1. The van der Waals surface area contributed by atoms with Crippen LogP contribution in [0.5, 0.6) is 0 Å². The summed E-state index contributed by atoms with van der Waals surface area (Å²) < 4.78 is 0. The van der Waals surface area contributed by atoms with Gasteiger partial charge in [-0.1, -0.05) is 23.8 Å². The van der Waals surface area contributed by atoms with Crippen LogP contribution in [0.3, 0.4) is 0 Å². The van der Waals surface area contributed by atoms with Crippen molar-refractivity contribution >= 4 is 34.1 Å². The van der Waals surface area contributed by atoms with Gasteiger partial charge in [-0.25, -0.2) is 4.98 Å². The summed E-state index contributed by atoms with van der Waals surface area (Å²) in [6.45, 7) is 4.08. The Labute approximate surface area is 160 Å². The van der Waals surface area contributed by atoms with E-state index in [1.165, 1.54) is 35.1 Å². The summed E-state index contributed by atoms with van der Waals surface area (Å²) in [5.74, 6) is -0.310. The van der Waals surface area contributed by atoms with Crippen LogP contribution in [0, 0.1) is 24.0 Å². The lowest BCUT2D eigenvalue weighted by atomic mass is 10.0. The summed E-state index contributed by atoms with van der Waals surface area (Å²) in [5, 5.41) is 15.8. The first-order chi connectivity index (χ1) is 12.9. The van der Waals surface area contributed by atoms with Crippen molar-refractivity contribution in [2.45, 2.75) is 13.8 Å². The zero-order valence-electron chi connectivity index (χ0n) is 14.8. The third-order valence-electron chi connectivity index (χ3n) is 3.92. The molecule has 2 aromatic carbocycles. The number of nitrogens with one attached hydrogen (secondary N) is 1. The first-order valence-corrected chi connectivity index (χ1v) is 9.07. The number of nitrogens with zero attached hydrogens (tertiary/aromatic N) is 2. The van der Waals surface area contributed by atoms with E-state index in [0.29, 0.717) is 10.7 Å². The third kappa shape index (κ3) is 4.65. The molecule has 0 radical (unpaired) electrons. The van der Waals surface area contributed by atoms with Gasteiger partial charge in [-0.15, -0.1) is 11.3 Å². The highest BCUT2D eigenvalue weighted by atomic mass is 32.1. The SMILES string of the molecule is Cc1ccc(-c2csc(NC(=O)/C=C/c3ccc([N+](=O)[O-])cc3)n2)c(C)c1. The van der Waals surface area contributed by atoms with E-state index in [2.05, 4.69) is 16.4 Å². The molecule has 0 aliphatic rings. The molecule has 1 amide bonds. The molecule has 136 valence electrons. The normalized spacial score (nSPS) is 10.9. The number of thiazole rings is 1. The zero-order chi connectivity index (χ0) is 19.4. The van der Waals surface area contributed by atoms with E-state index in [-0.39, 0.29) is 11.6 Å². The Kier molecular flexibility index (Phi) is 5.42. The largest absolute Gasteiger partial charge is 0.298 e. The monoisotopic (exact) mass is 379 g/mol. The molecule has 0 saturated carbocycles. The summed E-state index contributed by atoms with van der Waals surface area (Å²) >= 11 is 1.36. The zero-order valence-corrected chi connectivity index (χ0v) is 15.6. The van der Waals surface area contributed by atoms with Crippen molar-refractivity contribution in [1.82, 2.24) is 4.98 Å². The van der Waals surface area contributed by atoms with Crippen molar-refractivity contribution in [2.75, 3.05) is 5.32 Å². The molecular formula is C20H17N3O3S. The Bertz CT molecular complexity index is 1020. The summed E-state index contributed by atoms with van der Waals surface area (Å²) in [4.78, 5) is 26.7. The van der Waals surface area contributed by atoms with E-state index in [1.54, 1.807) is 18.2 Å². The molecular weight excluding hydrogens is 362 g/mol. The molecule has 7 heteroatoms. The van der Waals surface area contributed by atoms with Crippen LogP contribution in [0.2, 0.25) is 0 Å². The Morgan fingerprint density at radius 1 is 1.19 bits per heavy atom. The molecule has 0 atom stereocenters. The molecule has 0 fully saturated rings. The number of nitro benzene ring substituents is 1. The van der Waals surface area contributed by atoms with E-state index >= 15 is 0 Å². The Hall–Kier alpha value is -3.32. The number of carbonyl (C=O) groups excluding carboxylic acids is 1. The number of amides is 1. The maximum absolute atomic E-state index is 12.1. The van der Waals surface area contributed by atoms with Crippen molar-refractivity contribution in [2.24, 2.45) is 0 Å². The van der Waals surface area contributed by atoms with Gasteiger partial charge in [0.25, 0.3) is 5.69 Å². The molecule has 0 spiro atoms. The number of hydrogen-bond acceptors (Lipinski definition) is 5. The summed E-state index contributed by atoms with van der Waals surface area (Å²) in [6, 6.07) is 12.1. The molecule has 0 aliphatic carbocycles. The van der Waals surface area contributed by atoms with Crippen molar-refractivity contribution in [3.63, 3.8) is 0 Å². The van der Waals surface area contributed by atoms with Gasteiger partial charge in [-0.3, -0.25) is 20.2 Å². The fourth-order valence-corrected chi connectivity index (χ4v) is 3.30. The van der Waals surface area contributed by atoms with Gasteiger partial charge in [-0.2, -0.15) is 0 Å². The van der Waals surface area contributed by atoms with Crippen LogP contribution in [0.1, 0.15) is 16.7 Å². The summed E-state index contributed by atoms with van der Waals surface area (Å²) in [5.41, 5.74) is 4.91. The van der Waals surface area contributed by atoms with Crippen LogP contribution in [0.4, 0.5) is 10.8 Å². The number of benzene rings is 2. The molecule has 3 rings (SSSR count). The minimum atomic E-state index is -0.462. The number of aryl methyl sites for hydroxylation is 2. The average Bonchev–Trinajstić information content (AvgIpc) is 3.08. The maximum Gasteiger partial charge on any atom is 0.269 e. The third-order valence-corrected chi connectivity index (χ3v) is 4.68. The van der Waals surface area contributed by atoms with Crippen LogP contribution in [-0.4, -0.2) is 15.8 Å². The van der Waals surface area contributed by atoms with Crippen LogP contribution in [0.15, 0.2) is 53.9 Å². The minimum absolute atomic E-state index is 0.0123.